The minimum atomic E-state index is -4.66. The van der Waals surface area contributed by atoms with E-state index >= 15 is 0 Å². The first kappa shape index (κ1) is 22.1. The number of rotatable bonds is 3. The molecule has 3 amide bonds. The first-order valence-electron chi connectivity index (χ1n) is 9.02. The average molecular weight is 473 g/mol. The van der Waals surface area contributed by atoms with Gasteiger partial charge in [0.15, 0.2) is 11.6 Å². The van der Waals surface area contributed by atoms with Gasteiger partial charge in [0.25, 0.3) is 17.1 Å². The first-order chi connectivity index (χ1) is 15.0. The summed E-state index contributed by atoms with van der Waals surface area (Å²) in [6.07, 6.45) is -3.51. The average Bonchev–Trinajstić information content (AvgIpc) is 3.25. The predicted molar refractivity (Wildman–Crippen MR) is 99.5 cm³/mol. The number of nitrogens with zero attached hydrogens (tertiary/aromatic N) is 5. The molecular formula is C18H12F5N5O3S. The number of halogens is 5. The Morgan fingerprint density at radius 2 is 1.88 bits per heavy atom. The van der Waals surface area contributed by atoms with Crippen LogP contribution in [0.1, 0.15) is 17.2 Å². The van der Waals surface area contributed by atoms with Crippen molar-refractivity contribution in [2.75, 3.05) is 13.1 Å². The minimum absolute atomic E-state index is 0.00347. The monoisotopic (exact) mass is 473 g/mol. The third-order valence-corrected chi connectivity index (χ3v) is 5.60. The highest BCUT2D eigenvalue weighted by atomic mass is 32.2. The summed E-state index contributed by atoms with van der Waals surface area (Å²) in [6.45, 7) is -0.621. The quantitative estimate of drug-likeness (QED) is 0.500. The number of aromatic nitrogens is 3. The van der Waals surface area contributed by atoms with Crippen molar-refractivity contribution in [1.82, 2.24) is 24.6 Å². The molecule has 0 spiro atoms. The lowest BCUT2D eigenvalue weighted by molar-refractivity contribution is -0.148. The summed E-state index contributed by atoms with van der Waals surface area (Å²) in [6, 6.07) is 2.90. The molecule has 0 aliphatic carbocycles. The second kappa shape index (κ2) is 8.09. The highest BCUT2D eigenvalue weighted by Crippen LogP contribution is 2.33. The Labute approximate surface area is 180 Å². The van der Waals surface area contributed by atoms with Crippen LogP contribution >= 0.6 is 11.8 Å². The Hall–Kier alpha value is -3.13. The van der Waals surface area contributed by atoms with E-state index in [9.17, 15) is 36.3 Å². The van der Waals surface area contributed by atoms with Crippen molar-refractivity contribution < 1.29 is 36.3 Å². The van der Waals surface area contributed by atoms with Gasteiger partial charge in [0.2, 0.25) is 5.82 Å². The number of imide groups is 3. The predicted octanol–water partition coefficient (Wildman–Crippen LogP) is 2.65. The zero-order chi connectivity index (χ0) is 23.2. The molecule has 0 N–H and O–H groups in total. The van der Waals surface area contributed by atoms with E-state index in [0.29, 0.717) is 16.7 Å². The second-order valence-corrected chi connectivity index (χ2v) is 7.88. The molecule has 0 bridgehead atoms. The summed E-state index contributed by atoms with van der Waals surface area (Å²) in [4.78, 5) is 39.0. The molecule has 4 rings (SSSR count). The second-order valence-electron chi connectivity index (χ2n) is 6.88. The number of carbonyl (C=O) groups is 3. The maximum absolute atomic E-state index is 13.4. The molecule has 1 aromatic heterocycles. The number of benzene rings is 1. The number of hydrogen-bond donors (Lipinski definition) is 0. The molecule has 0 unspecified atom stereocenters. The zero-order valence-corrected chi connectivity index (χ0v) is 16.7. The molecule has 0 atom stereocenters. The Kier molecular flexibility index (Phi) is 5.58. The van der Waals surface area contributed by atoms with E-state index in [4.69, 9.17) is 0 Å². The molecule has 1 aromatic carbocycles. The molecule has 3 heterocycles. The van der Waals surface area contributed by atoms with Crippen molar-refractivity contribution in [2.45, 2.75) is 19.3 Å². The van der Waals surface area contributed by atoms with Crippen LogP contribution in [0.5, 0.6) is 0 Å². The maximum atomic E-state index is 13.4. The number of fused-ring (bicyclic) bond motifs is 1. The van der Waals surface area contributed by atoms with Gasteiger partial charge in [-0.1, -0.05) is 6.07 Å². The van der Waals surface area contributed by atoms with E-state index in [-0.39, 0.29) is 35.9 Å². The summed E-state index contributed by atoms with van der Waals surface area (Å²) in [5.41, 5.74) is 0.123. The summed E-state index contributed by atoms with van der Waals surface area (Å²) in [7, 11) is 0. The minimum Gasteiger partial charge on any atom is -0.305 e. The van der Waals surface area contributed by atoms with Crippen molar-refractivity contribution in [3.05, 3.63) is 52.0 Å². The van der Waals surface area contributed by atoms with Crippen LogP contribution in [0.4, 0.5) is 26.7 Å². The first-order valence-corrected chi connectivity index (χ1v) is 9.83. The molecule has 1 saturated heterocycles. The van der Waals surface area contributed by atoms with Crippen LogP contribution in [-0.4, -0.2) is 54.7 Å². The summed E-state index contributed by atoms with van der Waals surface area (Å²) >= 11 is 0.463. The van der Waals surface area contributed by atoms with E-state index in [2.05, 4.69) is 10.2 Å². The van der Waals surface area contributed by atoms with Crippen LogP contribution in [-0.2, 0) is 28.9 Å². The topological polar surface area (TPSA) is 88.4 Å². The van der Waals surface area contributed by atoms with Crippen LogP contribution in [0, 0.1) is 11.6 Å². The van der Waals surface area contributed by atoms with Gasteiger partial charge in [-0.2, -0.15) is 13.2 Å². The number of thioether (sulfide) groups is 1. The molecule has 2 aliphatic heterocycles. The Morgan fingerprint density at radius 3 is 2.56 bits per heavy atom. The molecule has 1 fully saturated rings. The van der Waals surface area contributed by atoms with Gasteiger partial charge >= 0.3 is 6.18 Å². The van der Waals surface area contributed by atoms with Gasteiger partial charge in [-0.05, 0) is 35.5 Å². The molecular weight excluding hydrogens is 461 g/mol. The van der Waals surface area contributed by atoms with Crippen LogP contribution in [0.25, 0.3) is 6.08 Å². The number of alkyl halides is 3. The van der Waals surface area contributed by atoms with Crippen molar-refractivity contribution in [2.24, 2.45) is 0 Å². The Bertz CT molecular complexity index is 1160. The molecule has 0 saturated carbocycles. The third-order valence-electron chi connectivity index (χ3n) is 4.73. The largest absolute Gasteiger partial charge is 0.451 e. The van der Waals surface area contributed by atoms with Gasteiger partial charge in [-0.15, -0.1) is 10.2 Å². The van der Waals surface area contributed by atoms with Gasteiger partial charge in [0.1, 0.15) is 5.82 Å². The molecule has 8 nitrogen and oxygen atoms in total. The standard InChI is InChI=1S/C18H12F5N5O3S/c19-10-2-1-9(5-11(10)20)6-12-15(30)28(17(31)32-12)14(29)8-26-3-4-27-13(7-26)24-25-16(27)18(21,22)23/h1-2,5-6H,3-4,7-8H2/b12-6-. The highest BCUT2D eigenvalue weighted by molar-refractivity contribution is 8.18. The lowest BCUT2D eigenvalue weighted by Gasteiger charge is -2.27. The van der Waals surface area contributed by atoms with Crippen LogP contribution < -0.4 is 0 Å². The zero-order valence-electron chi connectivity index (χ0n) is 15.9. The van der Waals surface area contributed by atoms with Crippen LogP contribution in [0.15, 0.2) is 23.1 Å². The van der Waals surface area contributed by atoms with Crippen molar-refractivity contribution in [1.29, 1.82) is 0 Å². The fraction of sp³-hybridized carbons (Fsp3) is 0.278. The number of amides is 3. The Morgan fingerprint density at radius 1 is 1.12 bits per heavy atom. The molecule has 2 aromatic rings. The summed E-state index contributed by atoms with van der Waals surface area (Å²) < 4.78 is 66.1. The SMILES string of the molecule is O=C(CN1CCn2c(nnc2C(F)(F)F)C1)N1C(=O)S/C(=C\c2ccc(F)c(F)c2)C1=O. The molecule has 32 heavy (non-hydrogen) atoms. The lowest BCUT2D eigenvalue weighted by atomic mass is 10.2. The lowest BCUT2D eigenvalue weighted by Crippen LogP contribution is -2.45. The maximum Gasteiger partial charge on any atom is 0.451 e. The Balaban J connectivity index is 1.45. The normalized spacial score (nSPS) is 18.5. The summed E-state index contributed by atoms with van der Waals surface area (Å²) in [5.74, 6) is -5.14. The van der Waals surface area contributed by atoms with Crippen LogP contribution in [0.2, 0.25) is 0 Å². The molecule has 2 aliphatic rings. The number of hydrogen-bond acceptors (Lipinski definition) is 7. The van der Waals surface area contributed by atoms with E-state index in [0.717, 1.165) is 22.8 Å². The van der Waals surface area contributed by atoms with Gasteiger partial charge in [0, 0.05) is 13.1 Å². The molecule has 0 radical (unpaired) electrons. The smallest absolute Gasteiger partial charge is 0.305 e. The van der Waals surface area contributed by atoms with Crippen LogP contribution in [0.3, 0.4) is 0 Å². The van der Waals surface area contributed by atoms with Gasteiger partial charge in [-0.25, -0.2) is 13.7 Å². The molecule has 168 valence electrons. The highest BCUT2D eigenvalue weighted by Gasteiger charge is 2.42. The fourth-order valence-corrected chi connectivity index (χ4v) is 4.09. The third kappa shape index (κ3) is 4.14. The summed E-state index contributed by atoms with van der Waals surface area (Å²) in [5, 5.41) is 5.78. The number of carbonyl (C=O) groups excluding carboxylic acids is 3. The van der Waals surface area contributed by atoms with E-state index in [1.807, 2.05) is 0 Å². The van der Waals surface area contributed by atoms with Crippen molar-refractivity contribution in [3.8, 4) is 0 Å². The van der Waals surface area contributed by atoms with Gasteiger partial charge in [-0.3, -0.25) is 19.3 Å². The van der Waals surface area contributed by atoms with Gasteiger partial charge < -0.3 is 4.57 Å². The van der Waals surface area contributed by atoms with E-state index in [1.165, 1.54) is 11.0 Å². The van der Waals surface area contributed by atoms with Crippen molar-refractivity contribution >= 4 is 34.9 Å². The van der Waals surface area contributed by atoms with E-state index in [1.54, 1.807) is 0 Å². The fourth-order valence-electron chi connectivity index (χ4n) is 3.25. The molecule has 14 heteroatoms. The van der Waals surface area contributed by atoms with Crippen molar-refractivity contribution in [3.63, 3.8) is 0 Å². The van der Waals surface area contributed by atoms with Gasteiger partial charge in [0.05, 0.1) is 18.0 Å². The van der Waals surface area contributed by atoms with E-state index < -0.39 is 47.2 Å².